The van der Waals surface area contributed by atoms with Crippen LogP contribution in [0, 0.1) is 6.92 Å². The molecule has 2 aromatic carbocycles. The lowest BCUT2D eigenvalue weighted by atomic mass is 10.1. The van der Waals surface area contributed by atoms with Crippen LogP contribution in [-0.4, -0.2) is 47.1 Å². The Morgan fingerprint density at radius 3 is 2.74 bits per heavy atom. The predicted octanol–water partition coefficient (Wildman–Crippen LogP) is 5.29. The zero-order valence-electron chi connectivity index (χ0n) is 19.5. The largest absolute Gasteiger partial charge is 0.378 e. The van der Waals surface area contributed by atoms with Gasteiger partial charge in [0.15, 0.2) is 5.82 Å². The topological polar surface area (TPSA) is 67.6 Å². The first-order chi connectivity index (χ1) is 17.2. The Hall–Kier alpha value is -3.75. The summed E-state index contributed by atoms with van der Waals surface area (Å²) in [7, 11) is 0. The molecular weight excluding hydrogens is 456 g/mol. The van der Waals surface area contributed by atoms with E-state index in [2.05, 4.69) is 92.0 Å². The van der Waals surface area contributed by atoms with Gasteiger partial charge in [-0.3, -0.25) is 0 Å². The summed E-state index contributed by atoms with van der Waals surface area (Å²) in [6, 6.07) is 19.1. The number of thiophene rings is 1. The highest BCUT2D eigenvalue weighted by Gasteiger charge is 2.18. The van der Waals surface area contributed by atoms with Gasteiger partial charge >= 0.3 is 0 Å². The van der Waals surface area contributed by atoms with Crippen molar-refractivity contribution in [1.29, 1.82) is 0 Å². The van der Waals surface area contributed by atoms with Gasteiger partial charge in [-0.1, -0.05) is 48.0 Å². The molecule has 0 unspecified atom stereocenters. The van der Waals surface area contributed by atoms with E-state index in [9.17, 15) is 0 Å². The van der Waals surface area contributed by atoms with Crippen LogP contribution in [0.4, 0.5) is 11.8 Å². The molecule has 0 bridgehead atoms. The highest BCUT2D eigenvalue weighted by atomic mass is 32.1. The molecule has 0 spiro atoms. The minimum atomic E-state index is 0.497. The number of hydrogen-bond acceptors (Lipinski definition) is 7. The molecule has 4 heterocycles. The average molecular weight is 483 g/mol. The van der Waals surface area contributed by atoms with Gasteiger partial charge in [0.1, 0.15) is 0 Å². The molecule has 1 fully saturated rings. The molecule has 0 aliphatic carbocycles. The van der Waals surface area contributed by atoms with E-state index < -0.39 is 0 Å². The third kappa shape index (κ3) is 4.50. The Balaban J connectivity index is 1.27. The molecule has 7 nitrogen and oxygen atoms in total. The number of ether oxygens (including phenoxy) is 1. The quantitative estimate of drug-likeness (QED) is 0.263. The Morgan fingerprint density at radius 2 is 1.89 bits per heavy atom. The minimum absolute atomic E-state index is 0.497. The molecule has 3 aromatic heterocycles. The Bertz CT molecular complexity index is 1500. The van der Waals surface area contributed by atoms with Crippen LogP contribution in [0.15, 0.2) is 71.3 Å². The molecule has 1 aliphatic heterocycles. The van der Waals surface area contributed by atoms with Gasteiger partial charge in [0, 0.05) is 42.3 Å². The second-order valence-corrected chi connectivity index (χ2v) is 9.61. The predicted molar refractivity (Wildman–Crippen MR) is 144 cm³/mol. The minimum Gasteiger partial charge on any atom is -0.378 e. The summed E-state index contributed by atoms with van der Waals surface area (Å²) in [6.45, 7) is 6.00. The number of fused-ring (bicyclic) bond motifs is 2. The fourth-order valence-corrected chi connectivity index (χ4v) is 5.29. The number of aromatic nitrogens is 3. The smallest absolute Gasteiger partial charge is 0.246 e. The maximum absolute atomic E-state index is 5.52. The number of para-hydroxylation sites is 1. The molecular formula is C27H26N6OS. The van der Waals surface area contributed by atoms with Crippen LogP contribution in [0.3, 0.4) is 0 Å². The molecule has 0 radical (unpaired) electrons. The fraction of sp³-hybridized carbons (Fsp3) is 0.222. The van der Waals surface area contributed by atoms with Crippen molar-refractivity contribution < 1.29 is 4.74 Å². The van der Waals surface area contributed by atoms with Crippen LogP contribution < -0.4 is 10.3 Å². The summed E-state index contributed by atoms with van der Waals surface area (Å²) in [4.78, 5) is 11.7. The molecule has 176 valence electrons. The standard InChI is InChI=1S/C27H26N6OS/c1-19-6-8-20(9-7-19)17-33-18-21(22-4-2-3-5-24(22)33)16-28-31-27-29-23-10-15-35-25(23)26(30-27)32-11-13-34-14-12-32/h2-10,15-16,18H,11-14,17H2,1H3,(H,29,30,31)/b28-16+. The van der Waals surface area contributed by atoms with Crippen LogP contribution >= 0.6 is 11.3 Å². The van der Waals surface area contributed by atoms with E-state index in [1.54, 1.807) is 11.3 Å². The molecule has 35 heavy (non-hydrogen) atoms. The molecule has 1 aliphatic rings. The number of hydrogen-bond donors (Lipinski definition) is 1. The van der Waals surface area contributed by atoms with Crippen LogP contribution in [0.5, 0.6) is 0 Å². The molecule has 1 N–H and O–H groups in total. The second kappa shape index (κ2) is 9.48. The number of aryl methyl sites for hydroxylation is 1. The normalized spacial score (nSPS) is 14.4. The van der Waals surface area contributed by atoms with Crippen LogP contribution in [-0.2, 0) is 11.3 Å². The zero-order valence-corrected chi connectivity index (χ0v) is 20.3. The fourth-order valence-electron chi connectivity index (χ4n) is 4.45. The van der Waals surface area contributed by atoms with Crippen molar-refractivity contribution in [2.24, 2.45) is 5.10 Å². The van der Waals surface area contributed by atoms with Crippen molar-refractivity contribution in [1.82, 2.24) is 14.5 Å². The van der Waals surface area contributed by atoms with Crippen molar-refractivity contribution in [3.63, 3.8) is 0 Å². The van der Waals surface area contributed by atoms with Gasteiger partial charge in [-0.2, -0.15) is 10.1 Å². The van der Waals surface area contributed by atoms with E-state index in [0.717, 1.165) is 46.6 Å². The van der Waals surface area contributed by atoms with E-state index in [1.807, 2.05) is 12.3 Å². The lowest BCUT2D eigenvalue weighted by Gasteiger charge is -2.28. The first-order valence-corrected chi connectivity index (χ1v) is 12.6. The number of anilines is 2. The molecule has 5 aromatic rings. The van der Waals surface area contributed by atoms with Gasteiger partial charge in [-0.15, -0.1) is 11.3 Å². The van der Waals surface area contributed by atoms with E-state index in [4.69, 9.17) is 9.72 Å². The van der Waals surface area contributed by atoms with Crippen molar-refractivity contribution >= 4 is 50.4 Å². The van der Waals surface area contributed by atoms with Gasteiger partial charge < -0.3 is 14.2 Å². The number of nitrogens with one attached hydrogen (secondary N) is 1. The second-order valence-electron chi connectivity index (χ2n) is 8.69. The summed E-state index contributed by atoms with van der Waals surface area (Å²) in [5.74, 6) is 1.44. The SMILES string of the molecule is Cc1ccc(Cn2cc(/C=N/Nc3nc(N4CCOCC4)c4sccc4n3)c3ccccc32)cc1. The Morgan fingerprint density at radius 1 is 1.06 bits per heavy atom. The third-order valence-electron chi connectivity index (χ3n) is 6.26. The van der Waals surface area contributed by atoms with Gasteiger partial charge in [0.25, 0.3) is 0 Å². The van der Waals surface area contributed by atoms with E-state index in [0.29, 0.717) is 19.2 Å². The summed E-state index contributed by atoms with van der Waals surface area (Å²) < 4.78 is 8.88. The highest BCUT2D eigenvalue weighted by Crippen LogP contribution is 2.30. The third-order valence-corrected chi connectivity index (χ3v) is 7.16. The summed E-state index contributed by atoms with van der Waals surface area (Å²) in [5.41, 5.74) is 8.76. The molecule has 8 heteroatoms. The van der Waals surface area contributed by atoms with Crippen LogP contribution in [0.2, 0.25) is 0 Å². The maximum Gasteiger partial charge on any atom is 0.246 e. The van der Waals surface area contributed by atoms with Gasteiger partial charge in [-0.25, -0.2) is 10.4 Å². The number of morpholine rings is 1. The van der Waals surface area contributed by atoms with Crippen LogP contribution in [0.1, 0.15) is 16.7 Å². The van der Waals surface area contributed by atoms with Gasteiger partial charge in [-0.05, 0) is 30.0 Å². The van der Waals surface area contributed by atoms with Gasteiger partial charge in [0.05, 0.1) is 29.6 Å². The monoisotopic (exact) mass is 482 g/mol. The van der Waals surface area contributed by atoms with Crippen molar-refractivity contribution in [2.75, 3.05) is 36.6 Å². The number of nitrogens with zero attached hydrogens (tertiary/aromatic N) is 5. The molecule has 6 rings (SSSR count). The van der Waals surface area contributed by atoms with Crippen molar-refractivity contribution in [2.45, 2.75) is 13.5 Å². The summed E-state index contributed by atoms with van der Waals surface area (Å²) in [6.07, 6.45) is 4.00. The van der Waals surface area contributed by atoms with E-state index >= 15 is 0 Å². The lowest BCUT2D eigenvalue weighted by molar-refractivity contribution is 0.122. The first-order valence-electron chi connectivity index (χ1n) is 11.7. The van der Waals surface area contributed by atoms with Crippen molar-refractivity contribution in [3.05, 3.63) is 82.9 Å². The van der Waals surface area contributed by atoms with E-state index in [1.165, 1.54) is 16.6 Å². The lowest BCUT2D eigenvalue weighted by Crippen LogP contribution is -2.36. The average Bonchev–Trinajstić information content (AvgIpc) is 3.51. The Labute approximate surface area is 207 Å². The van der Waals surface area contributed by atoms with Gasteiger partial charge in [0.2, 0.25) is 5.95 Å². The number of benzene rings is 2. The number of rotatable bonds is 6. The molecule has 0 amide bonds. The molecule has 1 saturated heterocycles. The van der Waals surface area contributed by atoms with Crippen LogP contribution in [0.25, 0.3) is 21.1 Å². The van der Waals surface area contributed by atoms with Crippen molar-refractivity contribution in [3.8, 4) is 0 Å². The Kier molecular flexibility index (Phi) is 5.89. The molecule has 0 saturated carbocycles. The number of hydrazone groups is 1. The maximum atomic E-state index is 5.52. The zero-order chi connectivity index (χ0) is 23.6. The summed E-state index contributed by atoms with van der Waals surface area (Å²) in [5, 5.41) is 7.73. The molecule has 0 atom stereocenters. The van der Waals surface area contributed by atoms with E-state index in [-0.39, 0.29) is 0 Å². The highest BCUT2D eigenvalue weighted by molar-refractivity contribution is 7.17. The summed E-state index contributed by atoms with van der Waals surface area (Å²) >= 11 is 1.67. The first kappa shape index (κ1) is 21.8.